The predicted octanol–water partition coefficient (Wildman–Crippen LogP) is 2.20. The maximum absolute atomic E-state index is 8.84. The van der Waals surface area contributed by atoms with Gasteiger partial charge in [0.15, 0.2) is 0 Å². The highest BCUT2D eigenvalue weighted by atomic mass is 35.5. The molecule has 0 aliphatic heterocycles. The minimum atomic E-state index is -0.0681. The van der Waals surface area contributed by atoms with E-state index in [1.807, 2.05) is 6.07 Å². The Bertz CT molecular complexity index is 471. The van der Waals surface area contributed by atoms with Crippen molar-refractivity contribution in [2.75, 3.05) is 0 Å². The fourth-order valence-electron chi connectivity index (χ4n) is 1.25. The third-order valence-electron chi connectivity index (χ3n) is 2.15. The van der Waals surface area contributed by atoms with Crippen LogP contribution in [0, 0.1) is 0 Å². The fraction of sp³-hybridized carbons (Fsp3) is 0.167. The van der Waals surface area contributed by atoms with Crippen molar-refractivity contribution in [1.82, 2.24) is 9.97 Å². The molecule has 0 aliphatic rings. The highest BCUT2D eigenvalue weighted by Crippen LogP contribution is 2.12. The zero-order chi connectivity index (χ0) is 12.1. The van der Waals surface area contributed by atoms with Crippen molar-refractivity contribution in [3.8, 4) is 5.75 Å². The SMILES string of the molecule is OCc1ccc(OCc2ccc(Cl)nc2)cn1. The van der Waals surface area contributed by atoms with Crippen LogP contribution in [-0.4, -0.2) is 15.1 Å². The van der Waals surface area contributed by atoms with Crippen molar-refractivity contribution in [2.45, 2.75) is 13.2 Å². The second-order valence-corrected chi connectivity index (χ2v) is 3.81. The summed E-state index contributed by atoms with van der Waals surface area (Å²) in [5.41, 5.74) is 1.55. The van der Waals surface area contributed by atoms with Crippen LogP contribution in [0.1, 0.15) is 11.3 Å². The molecule has 0 unspecified atom stereocenters. The average molecular weight is 251 g/mol. The number of ether oxygens (including phenoxy) is 1. The predicted molar refractivity (Wildman–Crippen MR) is 63.7 cm³/mol. The standard InChI is InChI=1S/C12H11ClN2O2/c13-12-4-1-9(5-15-12)8-17-11-3-2-10(7-16)14-6-11/h1-6,16H,7-8H2. The second-order valence-electron chi connectivity index (χ2n) is 3.42. The monoisotopic (exact) mass is 250 g/mol. The summed E-state index contributed by atoms with van der Waals surface area (Å²) in [5, 5.41) is 9.30. The smallest absolute Gasteiger partial charge is 0.138 e. The molecule has 5 heteroatoms. The average Bonchev–Trinajstić information content (AvgIpc) is 2.39. The van der Waals surface area contributed by atoms with Gasteiger partial charge in [0.1, 0.15) is 17.5 Å². The van der Waals surface area contributed by atoms with E-state index in [4.69, 9.17) is 21.4 Å². The molecule has 0 aromatic carbocycles. The van der Waals surface area contributed by atoms with Gasteiger partial charge >= 0.3 is 0 Å². The van der Waals surface area contributed by atoms with Crippen molar-refractivity contribution < 1.29 is 9.84 Å². The molecule has 2 rings (SSSR count). The molecule has 0 amide bonds. The van der Waals surface area contributed by atoms with Crippen LogP contribution in [0.2, 0.25) is 5.15 Å². The highest BCUT2D eigenvalue weighted by molar-refractivity contribution is 6.29. The Kier molecular flexibility index (Phi) is 3.90. The Morgan fingerprint density at radius 2 is 2.00 bits per heavy atom. The maximum Gasteiger partial charge on any atom is 0.138 e. The largest absolute Gasteiger partial charge is 0.487 e. The van der Waals surface area contributed by atoms with E-state index in [0.717, 1.165) is 5.56 Å². The van der Waals surface area contributed by atoms with Crippen LogP contribution in [0.5, 0.6) is 5.75 Å². The van der Waals surface area contributed by atoms with Gasteiger partial charge in [-0.3, -0.25) is 4.98 Å². The van der Waals surface area contributed by atoms with Gasteiger partial charge in [0.25, 0.3) is 0 Å². The number of halogens is 1. The molecule has 0 spiro atoms. The lowest BCUT2D eigenvalue weighted by Gasteiger charge is -2.05. The molecular formula is C12H11ClN2O2. The lowest BCUT2D eigenvalue weighted by Crippen LogP contribution is -1.97. The molecule has 0 radical (unpaired) electrons. The van der Waals surface area contributed by atoms with Gasteiger partial charge in [0.05, 0.1) is 18.5 Å². The molecule has 2 heterocycles. The first-order chi connectivity index (χ1) is 8.28. The number of aliphatic hydroxyl groups excluding tert-OH is 1. The van der Waals surface area contributed by atoms with E-state index >= 15 is 0 Å². The number of rotatable bonds is 4. The van der Waals surface area contributed by atoms with E-state index in [2.05, 4.69) is 9.97 Å². The zero-order valence-corrected chi connectivity index (χ0v) is 9.76. The van der Waals surface area contributed by atoms with Crippen LogP contribution in [0.3, 0.4) is 0 Å². The van der Waals surface area contributed by atoms with Crippen LogP contribution in [-0.2, 0) is 13.2 Å². The van der Waals surface area contributed by atoms with E-state index < -0.39 is 0 Å². The molecule has 17 heavy (non-hydrogen) atoms. The summed E-state index contributed by atoms with van der Waals surface area (Å²) < 4.78 is 5.50. The molecule has 88 valence electrons. The molecule has 0 bridgehead atoms. The fourth-order valence-corrected chi connectivity index (χ4v) is 1.36. The first kappa shape index (κ1) is 11.8. The van der Waals surface area contributed by atoms with Crippen LogP contribution in [0.15, 0.2) is 36.7 Å². The lowest BCUT2D eigenvalue weighted by molar-refractivity contribution is 0.275. The van der Waals surface area contributed by atoms with E-state index in [0.29, 0.717) is 23.2 Å². The number of nitrogens with zero attached hydrogens (tertiary/aromatic N) is 2. The third-order valence-corrected chi connectivity index (χ3v) is 2.38. The van der Waals surface area contributed by atoms with Gasteiger partial charge in [-0.05, 0) is 18.2 Å². The summed E-state index contributed by atoms with van der Waals surface area (Å²) in [4.78, 5) is 7.97. The number of hydrogen-bond donors (Lipinski definition) is 1. The quantitative estimate of drug-likeness (QED) is 0.846. The minimum absolute atomic E-state index is 0.0681. The molecule has 2 aromatic rings. The van der Waals surface area contributed by atoms with Gasteiger partial charge in [0.2, 0.25) is 0 Å². The van der Waals surface area contributed by atoms with E-state index in [1.54, 1.807) is 30.6 Å². The first-order valence-corrected chi connectivity index (χ1v) is 5.45. The molecule has 0 fully saturated rings. The normalized spacial score (nSPS) is 10.2. The zero-order valence-electron chi connectivity index (χ0n) is 9.01. The van der Waals surface area contributed by atoms with Crippen molar-refractivity contribution in [2.24, 2.45) is 0 Å². The molecule has 0 atom stereocenters. The Balaban J connectivity index is 1.95. The second kappa shape index (κ2) is 5.61. The molecule has 1 N–H and O–H groups in total. The van der Waals surface area contributed by atoms with Crippen molar-refractivity contribution in [3.05, 3.63) is 53.1 Å². The summed E-state index contributed by atoms with van der Waals surface area (Å²) in [6.45, 7) is 0.339. The van der Waals surface area contributed by atoms with Crippen LogP contribution >= 0.6 is 11.6 Å². The summed E-state index contributed by atoms with van der Waals surface area (Å²) in [6.07, 6.45) is 3.24. The topological polar surface area (TPSA) is 55.2 Å². The van der Waals surface area contributed by atoms with Crippen molar-refractivity contribution >= 4 is 11.6 Å². The molecule has 0 saturated carbocycles. The van der Waals surface area contributed by atoms with Crippen LogP contribution in [0.25, 0.3) is 0 Å². The summed E-state index contributed by atoms with van der Waals surface area (Å²) >= 11 is 5.68. The molecule has 4 nitrogen and oxygen atoms in total. The summed E-state index contributed by atoms with van der Waals surface area (Å²) in [6, 6.07) is 7.05. The van der Waals surface area contributed by atoms with Crippen LogP contribution < -0.4 is 4.74 Å². The van der Waals surface area contributed by atoms with Gasteiger partial charge < -0.3 is 9.84 Å². The Hall–Kier alpha value is -1.65. The van der Waals surface area contributed by atoms with Gasteiger partial charge in [0, 0.05) is 11.8 Å². The number of hydrogen-bond acceptors (Lipinski definition) is 4. The molecule has 0 aliphatic carbocycles. The number of aromatic nitrogens is 2. The molecule has 2 aromatic heterocycles. The number of pyridine rings is 2. The molecule has 0 saturated heterocycles. The van der Waals surface area contributed by atoms with E-state index in [9.17, 15) is 0 Å². The van der Waals surface area contributed by atoms with Gasteiger partial charge in [-0.1, -0.05) is 17.7 Å². The Labute approximate surface area is 104 Å². The maximum atomic E-state index is 8.84. The first-order valence-electron chi connectivity index (χ1n) is 5.07. The summed E-state index contributed by atoms with van der Waals surface area (Å²) in [5.74, 6) is 0.650. The van der Waals surface area contributed by atoms with Crippen molar-refractivity contribution in [3.63, 3.8) is 0 Å². The minimum Gasteiger partial charge on any atom is -0.487 e. The van der Waals surface area contributed by atoms with Gasteiger partial charge in [-0.15, -0.1) is 0 Å². The van der Waals surface area contributed by atoms with E-state index in [-0.39, 0.29) is 6.61 Å². The third kappa shape index (κ3) is 3.41. The van der Waals surface area contributed by atoms with Gasteiger partial charge in [-0.25, -0.2) is 4.98 Å². The van der Waals surface area contributed by atoms with Crippen LogP contribution in [0.4, 0.5) is 0 Å². The summed E-state index contributed by atoms with van der Waals surface area (Å²) in [7, 11) is 0. The van der Waals surface area contributed by atoms with E-state index in [1.165, 1.54) is 0 Å². The molecular weight excluding hydrogens is 240 g/mol. The van der Waals surface area contributed by atoms with Gasteiger partial charge in [-0.2, -0.15) is 0 Å². The number of aliphatic hydroxyl groups is 1. The lowest BCUT2D eigenvalue weighted by atomic mass is 10.3. The Morgan fingerprint density at radius 3 is 2.59 bits per heavy atom. The highest BCUT2D eigenvalue weighted by Gasteiger charge is 1.98. The van der Waals surface area contributed by atoms with Crippen molar-refractivity contribution in [1.29, 1.82) is 0 Å². The Morgan fingerprint density at radius 1 is 1.12 bits per heavy atom.